The van der Waals surface area contributed by atoms with Crippen molar-refractivity contribution in [2.24, 2.45) is 5.92 Å². The highest BCUT2D eigenvalue weighted by Gasteiger charge is 2.21. The van der Waals surface area contributed by atoms with Gasteiger partial charge in [0.25, 0.3) is 0 Å². The number of ether oxygens (including phenoxy) is 1. The van der Waals surface area contributed by atoms with Gasteiger partial charge in [-0.2, -0.15) is 0 Å². The summed E-state index contributed by atoms with van der Waals surface area (Å²) >= 11 is 0. The number of esters is 1. The maximum Gasteiger partial charge on any atom is 0.341 e. The number of furan rings is 1. The number of nitrogens with one attached hydrogen (secondary N) is 1. The molecular weight excluding hydrogens is 268 g/mol. The van der Waals surface area contributed by atoms with E-state index in [9.17, 15) is 4.79 Å². The van der Waals surface area contributed by atoms with Crippen LogP contribution in [0, 0.1) is 5.92 Å². The molecule has 1 N–H and O–H groups in total. The summed E-state index contributed by atoms with van der Waals surface area (Å²) in [4.78, 5) is 14.1. The van der Waals surface area contributed by atoms with E-state index in [0.29, 0.717) is 17.9 Å². The predicted octanol–water partition coefficient (Wildman–Crippen LogP) is 2.28. The third kappa shape index (κ3) is 4.58. The van der Waals surface area contributed by atoms with Gasteiger partial charge in [0.1, 0.15) is 11.3 Å². The van der Waals surface area contributed by atoms with Gasteiger partial charge < -0.3 is 14.5 Å². The Kier molecular flexibility index (Phi) is 6.26. The van der Waals surface area contributed by atoms with Crippen molar-refractivity contribution < 1.29 is 13.9 Å². The average molecular weight is 294 g/mol. The molecule has 5 nitrogen and oxygen atoms in total. The highest BCUT2D eigenvalue weighted by molar-refractivity contribution is 5.90. The minimum Gasteiger partial charge on any atom is -0.467 e. The summed E-state index contributed by atoms with van der Waals surface area (Å²) in [6, 6.07) is 1.69. The van der Waals surface area contributed by atoms with Crippen LogP contribution >= 0.6 is 0 Å². The van der Waals surface area contributed by atoms with E-state index in [1.165, 1.54) is 20.0 Å². The van der Waals surface area contributed by atoms with Gasteiger partial charge in [0.05, 0.1) is 19.9 Å². The van der Waals surface area contributed by atoms with Gasteiger partial charge in [-0.3, -0.25) is 4.90 Å². The maximum atomic E-state index is 11.7. The van der Waals surface area contributed by atoms with Gasteiger partial charge in [0, 0.05) is 6.54 Å². The molecule has 0 unspecified atom stereocenters. The number of carbonyl (C=O) groups excluding carboxylic acids is 1. The van der Waals surface area contributed by atoms with Crippen LogP contribution < -0.4 is 5.32 Å². The van der Waals surface area contributed by atoms with Crippen molar-refractivity contribution in [3.8, 4) is 0 Å². The van der Waals surface area contributed by atoms with E-state index >= 15 is 0 Å². The second kappa shape index (κ2) is 8.20. The van der Waals surface area contributed by atoms with Crippen molar-refractivity contribution >= 4 is 5.97 Å². The highest BCUT2D eigenvalue weighted by Crippen LogP contribution is 2.18. The molecule has 0 atom stereocenters. The third-order valence-corrected chi connectivity index (χ3v) is 4.03. The van der Waals surface area contributed by atoms with Crippen LogP contribution in [0.5, 0.6) is 0 Å². The molecule has 21 heavy (non-hydrogen) atoms. The standard InChI is InChI=1S/C16H26N2O3/c1-3-9-18(11-13-4-7-17-8-5-13)12-15-14(6-10-21-15)16(19)20-2/h6,10,13,17H,3-5,7-9,11-12H2,1-2H3. The van der Waals surface area contributed by atoms with Crippen LogP contribution in [0.15, 0.2) is 16.7 Å². The fourth-order valence-electron chi connectivity index (χ4n) is 2.94. The third-order valence-electron chi connectivity index (χ3n) is 4.03. The fourth-order valence-corrected chi connectivity index (χ4v) is 2.94. The summed E-state index contributed by atoms with van der Waals surface area (Å²) in [5.41, 5.74) is 0.545. The van der Waals surface area contributed by atoms with E-state index in [2.05, 4.69) is 17.1 Å². The molecule has 1 aromatic heterocycles. The predicted molar refractivity (Wildman–Crippen MR) is 81.2 cm³/mol. The van der Waals surface area contributed by atoms with Crippen LogP contribution in [-0.4, -0.2) is 44.2 Å². The molecule has 0 amide bonds. The second-order valence-corrected chi connectivity index (χ2v) is 5.68. The van der Waals surface area contributed by atoms with Crippen molar-refractivity contribution in [2.45, 2.75) is 32.7 Å². The Labute approximate surface area is 126 Å². The Morgan fingerprint density at radius 3 is 2.90 bits per heavy atom. The van der Waals surface area contributed by atoms with Crippen molar-refractivity contribution in [3.05, 3.63) is 23.7 Å². The fraction of sp³-hybridized carbons (Fsp3) is 0.688. The smallest absolute Gasteiger partial charge is 0.341 e. The lowest BCUT2D eigenvalue weighted by atomic mass is 9.97. The average Bonchev–Trinajstić information content (AvgIpc) is 2.96. The Balaban J connectivity index is 1.98. The minimum atomic E-state index is -0.322. The minimum absolute atomic E-state index is 0.322. The monoisotopic (exact) mass is 294 g/mol. The van der Waals surface area contributed by atoms with Crippen LogP contribution in [0.4, 0.5) is 0 Å². The quantitative estimate of drug-likeness (QED) is 0.782. The normalized spacial score (nSPS) is 16.3. The summed E-state index contributed by atoms with van der Waals surface area (Å²) < 4.78 is 10.3. The van der Waals surface area contributed by atoms with Crippen LogP contribution in [0.1, 0.15) is 42.3 Å². The highest BCUT2D eigenvalue weighted by atomic mass is 16.5. The first-order chi connectivity index (χ1) is 10.2. The van der Waals surface area contributed by atoms with E-state index < -0.39 is 0 Å². The lowest BCUT2D eigenvalue weighted by Gasteiger charge is -2.29. The van der Waals surface area contributed by atoms with E-state index in [4.69, 9.17) is 9.15 Å². The van der Waals surface area contributed by atoms with Crippen molar-refractivity contribution in [3.63, 3.8) is 0 Å². The van der Waals surface area contributed by atoms with E-state index in [1.807, 2.05) is 0 Å². The Morgan fingerprint density at radius 1 is 1.48 bits per heavy atom. The Bertz CT molecular complexity index is 438. The van der Waals surface area contributed by atoms with Gasteiger partial charge in [-0.25, -0.2) is 4.79 Å². The maximum absolute atomic E-state index is 11.7. The molecule has 1 fully saturated rings. The second-order valence-electron chi connectivity index (χ2n) is 5.68. The first kappa shape index (κ1) is 16.0. The SMILES string of the molecule is CCCN(Cc1occc1C(=O)OC)CC1CCNCC1. The topological polar surface area (TPSA) is 54.7 Å². The lowest BCUT2D eigenvalue weighted by Crippen LogP contribution is -2.36. The number of hydrogen-bond donors (Lipinski definition) is 1. The zero-order valence-electron chi connectivity index (χ0n) is 13.1. The first-order valence-corrected chi connectivity index (χ1v) is 7.82. The number of rotatable bonds is 7. The molecule has 1 saturated heterocycles. The van der Waals surface area contributed by atoms with Gasteiger partial charge in [0.2, 0.25) is 0 Å². The van der Waals surface area contributed by atoms with E-state index in [1.54, 1.807) is 12.3 Å². The zero-order valence-corrected chi connectivity index (χ0v) is 13.1. The summed E-state index contributed by atoms with van der Waals surface area (Å²) in [6.45, 7) is 7.16. The summed E-state index contributed by atoms with van der Waals surface area (Å²) in [6.07, 6.45) is 5.11. The van der Waals surface area contributed by atoms with E-state index in [-0.39, 0.29) is 5.97 Å². The number of nitrogens with zero attached hydrogens (tertiary/aromatic N) is 1. The molecular formula is C16H26N2O3. The molecule has 1 aliphatic rings. The molecule has 0 radical (unpaired) electrons. The molecule has 2 heterocycles. The molecule has 0 aromatic carbocycles. The first-order valence-electron chi connectivity index (χ1n) is 7.82. The molecule has 5 heteroatoms. The van der Waals surface area contributed by atoms with Crippen molar-refractivity contribution in [1.29, 1.82) is 0 Å². The number of methoxy groups -OCH3 is 1. The molecule has 1 aliphatic heterocycles. The van der Waals surface area contributed by atoms with Gasteiger partial charge in [-0.05, 0) is 50.9 Å². The van der Waals surface area contributed by atoms with Gasteiger partial charge in [-0.15, -0.1) is 0 Å². The molecule has 0 bridgehead atoms. The number of piperidine rings is 1. The Hall–Kier alpha value is -1.33. The summed E-state index contributed by atoms with van der Waals surface area (Å²) in [5, 5.41) is 3.40. The molecule has 2 rings (SSSR count). The number of carbonyl (C=O) groups is 1. The van der Waals surface area contributed by atoms with Crippen LogP contribution in [0.3, 0.4) is 0 Å². The molecule has 0 saturated carbocycles. The Morgan fingerprint density at radius 2 is 2.24 bits per heavy atom. The molecule has 0 spiro atoms. The molecule has 0 aliphatic carbocycles. The largest absolute Gasteiger partial charge is 0.467 e. The van der Waals surface area contributed by atoms with Crippen LogP contribution in [-0.2, 0) is 11.3 Å². The number of hydrogen-bond acceptors (Lipinski definition) is 5. The molecule has 1 aromatic rings. The van der Waals surface area contributed by atoms with Crippen molar-refractivity contribution in [1.82, 2.24) is 10.2 Å². The summed E-state index contributed by atoms with van der Waals surface area (Å²) in [5.74, 6) is 1.12. The molecule has 118 valence electrons. The lowest BCUT2D eigenvalue weighted by molar-refractivity contribution is 0.0596. The van der Waals surface area contributed by atoms with Crippen LogP contribution in [0.25, 0.3) is 0 Å². The van der Waals surface area contributed by atoms with E-state index in [0.717, 1.165) is 38.5 Å². The van der Waals surface area contributed by atoms with Gasteiger partial charge in [-0.1, -0.05) is 6.92 Å². The summed E-state index contributed by atoms with van der Waals surface area (Å²) in [7, 11) is 1.40. The van der Waals surface area contributed by atoms with Crippen LogP contribution in [0.2, 0.25) is 0 Å². The zero-order chi connectivity index (χ0) is 15.1. The van der Waals surface area contributed by atoms with Gasteiger partial charge in [0.15, 0.2) is 0 Å². The van der Waals surface area contributed by atoms with Crippen molar-refractivity contribution in [2.75, 3.05) is 33.3 Å². The van der Waals surface area contributed by atoms with Gasteiger partial charge >= 0.3 is 5.97 Å².